The first-order chi connectivity index (χ1) is 14.6. The predicted molar refractivity (Wildman–Crippen MR) is 122 cm³/mol. The number of hydrogen-bond donors (Lipinski definition) is 2. The Kier molecular flexibility index (Phi) is 11.6. The topological polar surface area (TPSA) is 67.4 Å². The molecule has 0 spiro atoms. The summed E-state index contributed by atoms with van der Waals surface area (Å²) in [6.45, 7) is 14.0. The maximum absolute atomic E-state index is 5.94. The minimum Gasteiger partial charge on any atom is -0.493 e. The number of nitrogens with zero attached hydrogens (tertiary/aromatic N) is 2. The average molecular weight is 421 g/mol. The van der Waals surface area contributed by atoms with Crippen LogP contribution in [0.25, 0.3) is 0 Å². The average Bonchev–Trinajstić information content (AvgIpc) is 2.73. The Bertz CT molecular complexity index is 624. The summed E-state index contributed by atoms with van der Waals surface area (Å²) in [5.74, 6) is 2.36. The molecule has 0 saturated carbocycles. The number of nitrogens with one attached hydrogen (secondary N) is 2. The summed E-state index contributed by atoms with van der Waals surface area (Å²) in [5, 5.41) is 6.76. The molecule has 30 heavy (non-hydrogen) atoms. The van der Waals surface area contributed by atoms with Crippen LogP contribution in [0.1, 0.15) is 32.8 Å². The van der Waals surface area contributed by atoms with Crippen molar-refractivity contribution in [2.24, 2.45) is 10.9 Å². The van der Waals surface area contributed by atoms with Gasteiger partial charge in [0, 0.05) is 52.9 Å². The lowest BCUT2D eigenvalue weighted by molar-refractivity contribution is -0.0284. The molecule has 1 heterocycles. The molecular weight excluding hydrogens is 380 g/mol. The zero-order valence-corrected chi connectivity index (χ0v) is 19.2. The van der Waals surface area contributed by atoms with E-state index < -0.39 is 0 Å². The quantitative estimate of drug-likeness (QED) is 0.308. The maximum Gasteiger partial charge on any atom is 0.191 e. The Morgan fingerprint density at radius 2 is 2.17 bits per heavy atom. The Morgan fingerprint density at radius 1 is 1.30 bits per heavy atom. The SMILES string of the molecule is CCNC(=NCc1cccc(OCCCOC)c1)NCC1CN(CC(C)C)CCO1. The van der Waals surface area contributed by atoms with Crippen LogP contribution in [-0.2, 0) is 16.0 Å². The fourth-order valence-electron chi connectivity index (χ4n) is 3.44. The molecule has 0 aliphatic carbocycles. The standard InChI is InChI=1S/C23H40N4O3/c1-5-24-23(26-16-22-18-27(10-13-30-22)17-19(2)3)25-15-20-8-6-9-21(14-20)29-12-7-11-28-4/h6,8-9,14,19,22H,5,7,10-13,15-18H2,1-4H3,(H2,24,25,26). The first-order valence-electron chi connectivity index (χ1n) is 11.2. The Labute approximate surface area is 182 Å². The van der Waals surface area contributed by atoms with Crippen molar-refractivity contribution in [3.63, 3.8) is 0 Å². The minimum absolute atomic E-state index is 0.185. The van der Waals surface area contributed by atoms with Gasteiger partial charge in [0.05, 0.1) is 25.9 Å². The lowest BCUT2D eigenvalue weighted by Crippen LogP contribution is -2.50. The third-order valence-corrected chi connectivity index (χ3v) is 4.77. The van der Waals surface area contributed by atoms with Crippen LogP contribution in [0.4, 0.5) is 0 Å². The van der Waals surface area contributed by atoms with Gasteiger partial charge in [-0.15, -0.1) is 0 Å². The lowest BCUT2D eigenvalue weighted by atomic mass is 10.2. The number of morpholine rings is 1. The third-order valence-electron chi connectivity index (χ3n) is 4.77. The highest BCUT2D eigenvalue weighted by Gasteiger charge is 2.21. The van der Waals surface area contributed by atoms with E-state index >= 15 is 0 Å². The molecule has 2 N–H and O–H groups in total. The molecule has 1 aliphatic heterocycles. The number of benzene rings is 1. The fraction of sp³-hybridized carbons (Fsp3) is 0.696. The van der Waals surface area contributed by atoms with Gasteiger partial charge in [0.1, 0.15) is 5.75 Å². The molecule has 0 aromatic heterocycles. The van der Waals surface area contributed by atoms with Crippen molar-refractivity contribution in [1.82, 2.24) is 15.5 Å². The van der Waals surface area contributed by atoms with E-state index in [1.165, 1.54) is 0 Å². The van der Waals surface area contributed by atoms with E-state index in [9.17, 15) is 0 Å². The monoisotopic (exact) mass is 420 g/mol. The first-order valence-corrected chi connectivity index (χ1v) is 11.2. The van der Waals surface area contributed by atoms with Gasteiger partial charge < -0.3 is 24.8 Å². The molecule has 170 valence electrons. The van der Waals surface area contributed by atoms with Crippen LogP contribution < -0.4 is 15.4 Å². The van der Waals surface area contributed by atoms with Crippen molar-refractivity contribution in [2.45, 2.75) is 39.8 Å². The molecule has 1 unspecified atom stereocenters. The molecule has 1 aliphatic rings. The Morgan fingerprint density at radius 3 is 2.93 bits per heavy atom. The van der Waals surface area contributed by atoms with E-state index in [0.29, 0.717) is 25.7 Å². The van der Waals surface area contributed by atoms with Gasteiger partial charge in [0.2, 0.25) is 0 Å². The van der Waals surface area contributed by atoms with Crippen LogP contribution >= 0.6 is 0 Å². The second kappa shape index (κ2) is 14.2. The van der Waals surface area contributed by atoms with E-state index in [2.05, 4.69) is 42.4 Å². The predicted octanol–water partition coefficient (Wildman–Crippen LogP) is 2.51. The normalized spacial score (nSPS) is 17.9. The van der Waals surface area contributed by atoms with E-state index in [1.807, 2.05) is 18.2 Å². The number of hydrogen-bond acceptors (Lipinski definition) is 5. The van der Waals surface area contributed by atoms with E-state index in [0.717, 1.165) is 63.0 Å². The highest BCUT2D eigenvalue weighted by molar-refractivity contribution is 5.79. The Balaban J connectivity index is 1.83. The van der Waals surface area contributed by atoms with Crippen LogP contribution in [0.15, 0.2) is 29.3 Å². The molecule has 1 aromatic carbocycles. The maximum atomic E-state index is 5.94. The zero-order valence-electron chi connectivity index (χ0n) is 19.2. The number of methoxy groups -OCH3 is 1. The van der Waals surface area contributed by atoms with Gasteiger partial charge in [-0.25, -0.2) is 4.99 Å². The Hall–Kier alpha value is -1.83. The van der Waals surface area contributed by atoms with Gasteiger partial charge in [-0.3, -0.25) is 4.90 Å². The van der Waals surface area contributed by atoms with Crippen LogP contribution in [0.2, 0.25) is 0 Å². The fourth-order valence-corrected chi connectivity index (χ4v) is 3.44. The van der Waals surface area contributed by atoms with Crippen LogP contribution in [0.5, 0.6) is 5.75 Å². The van der Waals surface area contributed by atoms with Crippen molar-refractivity contribution in [1.29, 1.82) is 0 Å². The zero-order chi connectivity index (χ0) is 21.6. The van der Waals surface area contributed by atoms with E-state index in [4.69, 9.17) is 19.2 Å². The molecule has 2 rings (SSSR count). The van der Waals surface area contributed by atoms with Gasteiger partial charge in [0.15, 0.2) is 5.96 Å². The summed E-state index contributed by atoms with van der Waals surface area (Å²) >= 11 is 0. The van der Waals surface area contributed by atoms with Gasteiger partial charge in [-0.1, -0.05) is 26.0 Å². The third kappa shape index (κ3) is 9.78. The molecule has 1 atom stereocenters. The highest BCUT2D eigenvalue weighted by atomic mass is 16.5. The second-order valence-electron chi connectivity index (χ2n) is 8.06. The summed E-state index contributed by atoms with van der Waals surface area (Å²) in [4.78, 5) is 7.22. The molecule has 0 bridgehead atoms. The van der Waals surface area contributed by atoms with Crippen molar-refractivity contribution < 1.29 is 14.2 Å². The van der Waals surface area contributed by atoms with Gasteiger partial charge >= 0.3 is 0 Å². The van der Waals surface area contributed by atoms with Crippen LogP contribution in [0.3, 0.4) is 0 Å². The largest absolute Gasteiger partial charge is 0.493 e. The van der Waals surface area contributed by atoms with Crippen molar-refractivity contribution >= 4 is 5.96 Å². The molecular formula is C23H40N4O3. The smallest absolute Gasteiger partial charge is 0.191 e. The molecule has 1 fully saturated rings. The summed E-state index contributed by atoms with van der Waals surface area (Å²) in [6.07, 6.45) is 1.07. The molecule has 1 aromatic rings. The van der Waals surface area contributed by atoms with Crippen molar-refractivity contribution in [3.05, 3.63) is 29.8 Å². The number of aliphatic imine (C=N–C) groups is 1. The molecule has 7 heteroatoms. The van der Waals surface area contributed by atoms with Crippen LogP contribution in [-0.4, -0.2) is 76.6 Å². The van der Waals surface area contributed by atoms with E-state index in [1.54, 1.807) is 7.11 Å². The summed E-state index contributed by atoms with van der Waals surface area (Å²) in [5.41, 5.74) is 1.12. The number of rotatable bonds is 12. The van der Waals surface area contributed by atoms with E-state index in [-0.39, 0.29) is 6.10 Å². The van der Waals surface area contributed by atoms with Gasteiger partial charge in [0.25, 0.3) is 0 Å². The van der Waals surface area contributed by atoms with Crippen molar-refractivity contribution in [2.75, 3.05) is 59.7 Å². The highest BCUT2D eigenvalue weighted by Crippen LogP contribution is 2.14. The number of guanidine groups is 1. The molecule has 7 nitrogen and oxygen atoms in total. The molecule has 1 saturated heterocycles. The summed E-state index contributed by atoms with van der Waals surface area (Å²) in [7, 11) is 1.71. The minimum atomic E-state index is 0.185. The summed E-state index contributed by atoms with van der Waals surface area (Å²) < 4.78 is 16.8. The molecule has 0 amide bonds. The van der Waals surface area contributed by atoms with Gasteiger partial charge in [-0.05, 0) is 30.5 Å². The van der Waals surface area contributed by atoms with Crippen LogP contribution in [0, 0.1) is 5.92 Å². The second-order valence-corrected chi connectivity index (χ2v) is 8.06. The summed E-state index contributed by atoms with van der Waals surface area (Å²) in [6, 6.07) is 8.11. The number of ether oxygens (including phenoxy) is 3. The lowest BCUT2D eigenvalue weighted by Gasteiger charge is -2.34. The molecule has 0 radical (unpaired) electrons. The van der Waals surface area contributed by atoms with Crippen molar-refractivity contribution in [3.8, 4) is 5.75 Å². The first kappa shape index (κ1) is 24.4. The van der Waals surface area contributed by atoms with Gasteiger partial charge in [-0.2, -0.15) is 0 Å².